The summed E-state index contributed by atoms with van der Waals surface area (Å²) in [5.41, 5.74) is 2.03. The van der Waals surface area contributed by atoms with Crippen LogP contribution in [0.3, 0.4) is 0 Å². The van der Waals surface area contributed by atoms with E-state index < -0.39 is 0 Å². The number of nitrogens with zero attached hydrogens (tertiary/aromatic N) is 2. The highest BCUT2D eigenvalue weighted by atomic mass is 32.2. The van der Waals surface area contributed by atoms with E-state index in [4.69, 9.17) is 9.47 Å². The Kier molecular flexibility index (Phi) is 5.50. The number of para-hydroxylation sites is 1. The minimum absolute atomic E-state index is 0.108. The number of fused-ring (bicyclic) bond motifs is 2. The molecule has 1 aliphatic rings. The van der Waals surface area contributed by atoms with Crippen LogP contribution < -0.4 is 9.47 Å². The summed E-state index contributed by atoms with van der Waals surface area (Å²) in [5, 5.41) is 0. The summed E-state index contributed by atoms with van der Waals surface area (Å²) in [6.07, 6.45) is 0. The smallest absolute Gasteiger partial charge is 0.233 e. The van der Waals surface area contributed by atoms with Gasteiger partial charge in [-0.25, -0.2) is 4.98 Å². The van der Waals surface area contributed by atoms with Gasteiger partial charge in [0.1, 0.15) is 13.2 Å². The molecule has 4 rings (SSSR count). The first-order chi connectivity index (χ1) is 13.2. The number of rotatable bonds is 6. The number of hydrogen-bond donors (Lipinski definition) is 0. The summed E-state index contributed by atoms with van der Waals surface area (Å²) in [7, 11) is 0. The largest absolute Gasteiger partial charge is 0.486 e. The zero-order valence-electron chi connectivity index (χ0n) is 15.0. The number of hydrogen-bond acceptors (Lipinski definition) is 6. The van der Waals surface area contributed by atoms with Crippen LogP contribution in [0.4, 0.5) is 0 Å². The molecule has 0 aliphatic carbocycles. The first-order valence-electron chi connectivity index (χ1n) is 8.87. The molecule has 0 radical (unpaired) electrons. The van der Waals surface area contributed by atoms with Crippen LogP contribution in [0.2, 0.25) is 0 Å². The van der Waals surface area contributed by atoms with Gasteiger partial charge in [0.15, 0.2) is 15.8 Å². The Hall–Kier alpha value is -2.25. The summed E-state index contributed by atoms with van der Waals surface area (Å²) >= 11 is 3.13. The Bertz CT molecular complexity index is 924. The van der Waals surface area contributed by atoms with Crippen molar-refractivity contribution in [2.24, 2.45) is 0 Å². The van der Waals surface area contributed by atoms with E-state index >= 15 is 0 Å². The number of ether oxygens (including phenoxy) is 2. The lowest BCUT2D eigenvalue weighted by Gasteiger charge is -2.23. The first kappa shape index (κ1) is 18.1. The maximum atomic E-state index is 12.7. The van der Waals surface area contributed by atoms with Crippen molar-refractivity contribution in [3.63, 3.8) is 0 Å². The Morgan fingerprint density at radius 2 is 2.00 bits per heavy atom. The van der Waals surface area contributed by atoms with E-state index in [2.05, 4.69) is 11.1 Å². The van der Waals surface area contributed by atoms with Crippen LogP contribution >= 0.6 is 23.1 Å². The summed E-state index contributed by atoms with van der Waals surface area (Å²) in [6.45, 7) is 4.36. The summed E-state index contributed by atoms with van der Waals surface area (Å²) in [6, 6.07) is 13.9. The predicted octanol–water partition coefficient (Wildman–Crippen LogP) is 4.21. The second-order valence-corrected chi connectivity index (χ2v) is 8.38. The van der Waals surface area contributed by atoms with E-state index in [9.17, 15) is 4.79 Å². The van der Waals surface area contributed by atoms with E-state index in [1.807, 2.05) is 48.2 Å². The molecule has 0 fully saturated rings. The van der Waals surface area contributed by atoms with Gasteiger partial charge >= 0.3 is 0 Å². The highest BCUT2D eigenvalue weighted by Crippen LogP contribution is 2.32. The number of amides is 1. The van der Waals surface area contributed by atoms with Crippen molar-refractivity contribution in [3.8, 4) is 11.5 Å². The van der Waals surface area contributed by atoms with Gasteiger partial charge in [0.25, 0.3) is 0 Å². The molecule has 3 aromatic rings. The molecule has 0 spiro atoms. The standard InChI is InChI=1S/C20H20N2O3S2/c1-2-22(12-14-7-8-16-17(11-14)25-10-9-24-16)19(23)13-26-20-21-15-5-3-4-6-18(15)27-20/h3-8,11H,2,9-10,12-13H2,1H3. The van der Waals surface area contributed by atoms with Crippen LogP contribution in [-0.4, -0.2) is 41.3 Å². The van der Waals surface area contributed by atoms with Crippen molar-refractivity contribution in [1.82, 2.24) is 9.88 Å². The Morgan fingerprint density at radius 3 is 2.81 bits per heavy atom. The zero-order valence-corrected chi connectivity index (χ0v) is 16.6. The molecule has 0 saturated carbocycles. The number of carbonyl (C=O) groups is 1. The average molecular weight is 401 g/mol. The van der Waals surface area contributed by atoms with Gasteiger partial charge in [0.05, 0.1) is 16.0 Å². The molecule has 0 bridgehead atoms. The van der Waals surface area contributed by atoms with E-state index in [1.54, 1.807) is 11.3 Å². The van der Waals surface area contributed by atoms with Gasteiger partial charge < -0.3 is 14.4 Å². The van der Waals surface area contributed by atoms with Crippen LogP contribution in [0, 0.1) is 0 Å². The molecule has 2 heterocycles. The molecule has 0 saturated heterocycles. The molecule has 5 nitrogen and oxygen atoms in total. The van der Waals surface area contributed by atoms with Crippen LogP contribution in [-0.2, 0) is 11.3 Å². The summed E-state index contributed by atoms with van der Waals surface area (Å²) in [4.78, 5) is 19.1. The molecule has 7 heteroatoms. The van der Waals surface area contributed by atoms with E-state index in [1.165, 1.54) is 11.8 Å². The molecule has 1 aliphatic heterocycles. The molecule has 0 atom stereocenters. The van der Waals surface area contributed by atoms with Crippen molar-refractivity contribution in [2.45, 2.75) is 17.8 Å². The molecule has 0 N–H and O–H groups in total. The van der Waals surface area contributed by atoms with Gasteiger partial charge in [-0.3, -0.25) is 4.79 Å². The fourth-order valence-corrected chi connectivity index (χ4v) is 4.88. The van der Waals surface area contributed by atoms with Crippen LogP contribution in [0.5, 0.6) is 11.5 Å². The highest BCUT2D eigenvalue weighted by molar-refractivity contribution is 8.01. The number of carbonyl (C=O) groups excluding carboxylic acids is 1. The van der Waals surface area contributed by atoms with Crippen molar-refractivity contribution >= 4 is 39.2 Å². The molecular formula is C20H20N2O3S2. The molecular weight excluding hydrogens is 380 g/mol. The monoisotopic (exact) mass is 400 g/mol. The fourth-order valence-electron chi connectivity index (χ4n) is 2.91. The van der Waals surface area contributed by atoms with E-state index in [0.717, 1.165) is 31.6 Å². The van der Waals surface area contributed by atoms with Gasteiger partial charge in [-0.05, 0) is 36.8 Å². The van der Waals surface area contributed by atoms with Crippen LogP contribution in [0.1, 0.15) is 12.5 Å². The lowest BCUT2D eigenvalue weighted by molar-refractivity contribution is -0.128. The predicted molar refractivity (Wildman–Crippen MR) is 109 cm³/mol. The number of aromatic nitrogens is 1. The van der Waals surface area contributed by atoms with Gasteiger partial charge in [-0.2, -0.15) is 0 Å². The highest BCUT2D eigenvalue weighted by Gasteiger charge is 2.17. The van der Waals surface area contributed by atoms with E-state index in [0.29, 0.717) is 32.1 Å². The molecule has 1 amide bonds. The lowest BCUT2D eigenvalue weighted by atomic mass is 10.2. The lowest BCUT2D eigenvalue weighted by Crippen LogP contribution is -2.31. The van der Waals surface area contributed by atoms with Gasteiger partial charge in [-0.15, -0.1) is 11.3 Å². The van der Waals surface area contributed by atoms with Crippen LogP contribution in [0.15, 0.2) is 46.8 Å². The minimum Gasteiger partial charge on any atom is -0.486 e. The third-order valence-electron chi connectivity index (χ3n) is 4.31. The average Bonchev–Trinajstić information content (AvgIpc) is 3.13. The molecule has 0 unspecified atom stereocenters. The maximum Gasteiger partial charge on any atom is 0.233 e. The summed E-state index contributed by atoms with van der Waals surface area (Å²) < 4.78 is 13.3. The normalized spacial score (nSPS) is 12.9. The second-order valence-electron chi connectivity index (χ2n) is 6.12. The maximum absolute atomic E-state index is 12.7. The quantitative estimate of drug-likeness (QED) is 0.580. The Labute approximate surface area is 166 Å². The Morgan fingerprint density at radius 1 is 1.19 bits per heavy atom. The van der Waals surface area contributed by atoms with Crippen molar-refractivity contribution in [1.29, 1.82) is 0 Å². The third-order valence-corrected chi connectivity index (χ3v) is 6.47. The van der Waals surface area contributed by atoms with Gasteiger partial charge in [-0.1, -0.05) is 30.0 Å². The molecule has 140 valence electrons. The number of benzene rings is 2. The number of thiazole rings is 1. The SMILES string of the molecule is CCN(Cc1ccc2c(c1)OCCO2)C(=O)CSc1nc2ccccc2s1. The number of thioether (sulfide) groups is 1. The molecule has 2 aromatic carbocycles. The van der Waals surface area contributed by atoms with Gasteiger partial charge in [0, 0.05) is 13.1 Å². The fraction of sp³-hybridized carbons (Fsp3) is 0.300. The molecule has 27 heavy (non-hydrogen) atoms. The van der Waals surface area contributed by atoms with Crippen molar-refractivity contribution in [3.05, 3.63) is 48.0 Å². The van der Waals surface area contributed by atoms with E-state index in [-0.39, 0.29) is 5.91 Å². The minimum atomic E-state index is 0.108. The van der Waals surface area contributed by atoms with Crippen molar-refractivity contribution < 1.29 is 14.3 Å². The zero-order chi connectivity index (χ0) is 18.6. The third kappa shape index (κ3) is 4.20. The Balaban J connectivity index is 1.39. The van der Waals surface area contributed by atoms with Gasteiger partial charge in [0.2, 0.25) is 5.91 Å². The summed E-state index contributed by atoms with van der Waals surface area (Å²) in [5.74, 6) is 2.02. The second kappa shape index (κ2) is 8.19. The van der Waals surface area contributed by atoms with Crippen molar-refractivity contribution in [2.75, 3.05) is 25.5 Å². The van der Waals surface area contributed by atoms with Crippen LogP contribution in [0.25, 0.3) is 10.2 Å². The first-order valence-corrected chi connectivity index (χ1v) is 10.7. The topological polar surface area (TPSA) is 51.7 Å². The molecule has 1 aromatic heterocycles.